The first-order valence-electron chi connectivity index (χ1n) is 10.3. The van der Waals surface area contributed by atoms with Crippen molar-refractivity contribution in [1.82, 2.24) is 14.9 Å². The third-order valence-corrected chi connectivity index (χ3v) is 6.09. The van der Waals surface area contributed by atoms with Gasteiger partial charge in [0.05, 0.1) is 13.3 Å². The number of aromatic nitrogens is 3. The summed E-state index contributed by atoms with van der Waals surface area (Å²) in [5.41, 5.74) is 4.24. The van der Waals surface area contributed by atoms with Crippen molar-refractivity contribution in [2.75, 3.05) is 7.11 Å². The molecule has 0 aliphatic rings. The molecule has 0 amide bonds. The van der Waals surface area contributed by atoms with Gasteiger partial charge in [0.25, 0.3) is 0 Å². The van der Waals surface area contributed by atoms with Crippen molar-refractivity contribution in [2.45, 2.75) is 24.4 Å². The smallest absolute Gasteiger partial charge is 0.212 e. The summed E-state index contributed by atoms with van der Waals surface area (Å²) in [5, 5.41) is 14.2. The number of benzene rings is 3. The zero-order valence-corrected chi connectivity index (χ0v) is 19.9. The molecule has 8 heteroatoms. The van der Waals surface area contributed by atoms with Gasteiger partial charge in [0.2, 0.25) is 5.16 Å². The number of nitrogens with zero attached hydrogens (tertiary/aromatic N) is 4. The van der Waals surface area contributed by atoms with Crippen LogP contribution in [0.2, 0.25) is 5.02 Å². The number of thioether (sulfide) groups is 1. The second kappa shape index (κ2) is 11.0. The van der Waals surface area contributed by atoms with Crippen LogP contribution in [0.3, 0.4) is 0 Å². The summed E-state index contributed by atoms with van der Waals surface area (Å²) in [5.74, 6) is 2.02. The molecule has 4 aromatic rings. The van der Waals surface area contributed by atoms with Crippen LogP contribution in [-0.2, 0) is 12.4 Å². The molecule has 0 aliphatic heterocycles. The first-order valence-corrected chi connectivity index (χ1v) is 11.7. The largest absolute Gasteiger partial charge is 0.493 e. The topological polar surface area (TPSA) is 61.5 Å². The van der Waals surface area contributed by atoms with Crippen molar-refractivity contribution in [3.8, 4) is 11.5 Å². The standard InChI is InChI=1S/C25H23ClN4O2S/c1-18-6-8-20(9-7-18)16-33-25-29-27-17-30(25)28-14-21-4-3-5-23(31-2)24(21)32-15-19-10-12-22(26)13-11-19/h3-14,17H,15-16H2,1-2H3/b28-14-. The highest BCUT2D eigenvalue weighted by atomic mass is 35.5. The molecule has 0 N–H and O–H groups in total. The normalized spacial score (nSPS) is 11.1. The fraction of sp³-hybridized carbons (Fsp3) is 0.160. The Morgan fingerprint density at radius 3 is 2.55 bits per heavy atom. The summed E-state index contributed by atoms with van der Waals surface area (Å²) in [6.45, 7) is 2.46. The molecule has 4 rings (SSSR count). The molecule has 3 aromatic carbocycles. The van der Waals surface area contributed by atoms with E-state index in [1.54, 1.807) is 36.1 Å². The molecule has 0 aliphatic carbocycles. The van der Waals surface area contributed by atoms with E-state index >= 15 is 0 Å². The Morgan fingerprint density at radius 2 is 1.79 bits per heavy atom. The number of aryl methyl sites for hydroxylation is 1. The Morgan fingerprint density at radius 1 is 1.03 bits per heavy atom. The quantitative estimate of drug-likeness (QED) is 0.218. The molecule has 1 heterocycles. The van der Waals surface area contributed by atoms with E-state index in [9.17, 15) is 0 Å². The molecule has 0 bridgehead atoms. The van der Waals surface area contributed by atoms with Gasteiger partial charge < -0.3 is 9.47 Å². The molecule has 0 saturated carbocycles. The summed E-state index contributed by atoms with van der Waals surface area (Å²) >= 11 is 7.55. The van der Waals surface area contributed by atoms with Gasteiger partial charge in [-0.25, -0.2) is 0 Å². The molecule has 0 radical (unpaired) electrons. The maximum atomic E-state index is 6.10. The zero-order chi connectivity index (χ0) is 23.0. The van der Waals surface area contributed by atoms with E-state index in [0.29, 0.717) is 28.3 Å². The summed E-state index contributed by atoms with van der Waals surface area (Å²) in [4.78, 5) is 0. The lowest BCUT2D eigenvalue weighted by molar-refractivity contribution is 0.284. The molecular formula is C25H23ClN4O2S. The van der Waals surface area contributed by atoms with E-state index < -0.39 is 0 Å². The minimum atomic E-state index is 0.378. The molecule has 0 atom stereocenters. The molecule has 168 valence electrons. The molecule has 33 heavy (non-hydrogen) atoms. The van der Waals surface area contributed by atoms with Crippen LogP contribution in [0.15, 0.2) is 83.3 Å². The van der Waals surface area contributed by atoms with Crippen LogP contribution in [0.1, 0.15) is 22.3 Å². The maximum absolute atomic E-state index is 6.10. The number of rotatable bonds is 9. The Bertz CT molecular complexity index is 1220. The van der Waals surface area contributed by atoms with E-state index in [4.69, 9.17) is 21.1 Å². The summed E-state index contributed by atoms with van der Waals surface area (Å²) < 4.78 is 13.3. The van der Waals surface area contributed by atoms with E-state index in [1.165, 1.54) is 11.1 Å². The van der Waals surface area contributed by atoms with Gasteiger partial charge in [0, 0.05) is 16.3 Å². The van der Waals surface area contributed by atoms with Crippen LogP contribution in [0.25, 0.3) is 0 Å². The SMILES string of the molecule is COc1cccc(/C=N\n2cnnc2SCc2ccc(C)cc2)c1OCc1ccc(Cl)cc1. The molecule has 0 saturated heterocycles. The van der Waals surface area contributed by atoms with Gasteiger partial charge in [0.15, 0.2) is 11.5 Å². The fourth-order valence-electron chi connectivity index (χ4n) is 3.04. The lowest BCUT2D eigenvalue weighted by Crippen LogP contribution is -2.01. The van der Waals surface area contributed by atoms with Gasteiger partial charge in [-0.1, -0.05) is 71.4 Å². The minimum absolute atomic E-state index is 0.378. The first kappa shape index (κ1) is 22.9. The predicted octanol–water partition coefficient (Wildman–Crippen LogP) is 6.00. The Kier molecular flexibility index (Phi) is 7.65. The van der Waals surface area contributed by atoms with Crippen LogP contribution in [0, 0.1) is 6.92 Å². The third-order valence-electron chi connectivity index (χ3n) is 4.84. The second-order valence-corrected chi connectivity index (χ2v) is 8.65. The average Bonchev–Trinajstić information content (AvgIpc) is 3.29. The average molecular weight is 479 g/mol. The highest BCUT2D eigenvalue weighted by Crippen LogP contribution is 2.31. The van der Waals surface area contributed by atoms with Crippen LogP contribution in [-0.4, -0.2) is 28.2 Å². The number of para-hydroxylation sites is 1. The number of hydrogen-bond acceptors (Lipinski definition) is 6. The fourth-order valence-corrected chi connectivity index (χ4v) is 3.98. The van der Waals surface area contributed by atoms with Crippen LogP contribution in [0.5, 0.6) is 11.5 Å². The number of methoxy groups -OCH3 is 1. The molecular weight excluding hydrogens is 456 g/mol. The lowest BCUT2D eigenvalue weighted by Gasteiger charge is -2.13. The van der Waals surface area contributed by atoms with Crippen molar-refractivity contribution < 1.29 is 9.47 Å². The zero-order valence-electron chi connectivity index (χ0n) is 18.3. The first-order chi connectivity index (χ1) is 16.1. The number of hydrogen-bond donors (Lipinski definition) is 0. The van der Waals surface area contributed by atoms with Crippen molar-refractivity contribution in [3.63, 3.8) is 0 Å². The third kappa shape index (κ3) is 6.15. The van der Waals surface area contributed by atoms with E-state index in [-0.39, 0.29) is 0 Å². The van der Waals surface area contributed by atoms with Gasteiger partial charge >= 0.3 is 0 Å². The van der Waals surface area contributed by atoms with E-state index in [0.717, 1.165) is 16.9 Å². The van der Waals surface area contributed by atoms with Crippen LogP contribution >= 0.6 is 23.4 Å². The van der Waals surface area contributed by atoms with Crippen molar-refractivity contribution in [3.05, 3.63) is 100 Å². The Balaban J connectivity index is 1.49. The Labute approximate surface area is 202 Å². The molecule has 0 unspecified atom stereocenters. The van der Waals surface area contributed by atoms with Gasteiger partial charge in [-0.05, 0) is 42.3 Å². The highest BCUT2D eigenvalue weighted by Gasteiger charge is 2.11. The van der Waals surface area contributed by atoms with Gasteiger partial charge in [-0.3, -0.25) is 0 Å². The number of halogens is 1. The molecule has 1 aromatic heterocycles. The molecule has 0 spiro atoms. The molecule has 6 nitrogen and oxygen atoms in total. The van der Waals surface area contributed by atoms with Crippen LogP contribution in [0.4, 0.5) is 0 Å². The highest BCUT2D eigenvalue weighted by molar-refractivity contribution is 7.98. The summed E-state index contributed by atoms with van der Waals surface area (Å²) in [6.07, 6.45) is 3.31. The molecule has 0 fully saturated rings. The van der Waals surface area contributed by atoms with Gasteiger partial charge in [-0.15, -0.1) is 10.2 Å². The summed E-state index contributed by atoms with van der Waals surface area (Å²) in [7, 11) is 1.62. The Hall–Kier alpha value is -3.29. The summed E-state index contributed by atoms with van der Waals surface area (Å²) in [6, 6.07) is 21.7. The maximum Gasteiger partial charge on any atom is 0.212 e. The minimum Gasteiger partial charge on any atom is -0.493 e. The van der Waals surface area contributed by atoms with Gasteiger partial charge in [0.1, 0.15) is 12.9 Å². The van der Waals surface area contributed by atoms with Crippen molar-refractivity contribution in [1.29, 1.82) is 0 Å². The van der Waals surface area contributed by atoms with E-state index in [1.807, 2.05) is 42.5 Å². The number of ether oxygens (including phenoxy) is 2. The van der Waals surface area contributed by atoms with E-state index in [2.05, 4.69) is 46.5 Å². The van der Waals surface area contributed by atoms with Gasteiger partial charge in [-0.2, -0.15) is 9.78 Å². The monoisotopic (exact) mass is 478 g/mol. The predicted molar refractivity (Wildman–Crippen MR) is 133 cm³/mol. The van der Waals surface area contributed by atoms with Crippen molar-refractivity contribution >= 4 is 29.6 Å². The van der Waals surface area contributed by atoms with Crippen molar-refractivity contribution in [2.24, 2.45) is 5.10 Å². The second-order valence-electron chi connectivity index (χ2n) is 7.27. The van der Waals surface area contributed by atoms with Crippen LogP contribution < -0.4 is 9.47 Å². The lowest BCUT2D eigenvalue weighted by atomic mass is 10.2.